The molecule has 4 nitrogen and oxygen atoms in total. The molecule has 4 heteroatoms. The van der Waals surface area contributed by atoms with Gasteiger partial charge in [-0.1, -0.05) is 24.3 Å². The van der Waals surface area contributed by atoms with E-state index < -0.39 is 0 Å². The predicted molar refractivity (Wildman–Crippen MR) is 69.2 cm³/mol. The third-order valence-corrected chi connectivity index (χ3v) is 2.62. The molecule has 0 bridgehead atoms. The normalized spacial score (nSPS) is 10.7. The van der Waals surface area contributed by atoms with E-state index in [2.05, 4.69) is 4.98 Å². The Morgan fingerprint density at radius 1 is 1.06 bits per heavy atom. The van der Waals surface area contributed by atoms with Gasteiger partial charge in [-0.2, -0.15) is 4.98 Å². The number of ether oxygens (including phenoxy) is 1. The molecule has 3 aromatic rings. The number of aromatic nitrogens is 1. The molecule has 0 saturated carbocycles. The Morgan fingerprint density at radius 2 is 1.83 bits per heavy atom. The summed E-state index contributed by atoms with van der Waals surface area (Å²) < 4.78 is 11.0. The molecule has 3 rings (SSSR count). The number of para-hydroxylation sites is 2. The van der Waals surface area contributed by atoms with E-state index in [1.165, 1.54) is 0 Å². The molecule has 1 aromatic heterocycles. The van der Waals surface area contributed by atoms with Gasteiger partial charge in [0.2, 0.25) is 0 Å². The first-order chi connectivity index (χ1) is 8.81. The molecule has 1 heterocycles. The van der Waals surface area contributed by atoms with Crippen molar-refractivity contribution in [1.29, 1.82) is 0 Å². The van der Waals surface area contributed by atoms with Gasteiger partial charge in [-0.3, -0.25) is 0 Å². The number of hydrogen-bond donors (Lipinski definition) is 1. The van der Waals surface area contributed by atoms with Gasteiger partial charge in [0, 0.05) is 5.69 Å². The minimum atomic E-state index is 0.285. The van der Waals surface area contributed by atoms with Crippen LogP contribution in [0.5, 0.6) is 6.08 Å². The van der Waals surface area contributed by atoms with Crippen LogP contribution in [-0.2, 0) is 6.61 Å². The topological polar surface area (TPSA) is 61.3 Å². The number of hydrogen-bond acceptors (Lipinski definition) is 4. The molecule has 2 N–H and O–H groups in total. The van der Waals surface area contributed by atoms with Crippen molar-refractivity contribution >= 4 is 16.8 Å². The molecule has 18 heavy (non-hydrogen) atoms. The highest BCUT2D eigenvalue weighted by Gasteiger charge is 2.05. The summed E-state index contributed by atoms with van der Waals surface area (Å²) in [5.74, 6) is 0. The number of oxazole rings is 1. The number of benzene rings is 2. The Morgan fingerprint density at radius 3 is 2.61 bits per heavy atom. The van der Waals surface area contributed by atoms with Crippen LogP contribution in [0.15, 0.2) is 52.9 Å². The lowest BCUT2D eigenvalue weighted by molar-refractivity contribution is 0.226. The molecule has 0 aliphatic carbocycles. The van der Waals surface area contributed by atoms with Crippen molar-refractivity contribution in [2.24, 2.45) is 0 Å². The van der Waals surface area contributed by atoms with E-state index in [1.807, 2.05) is 48.5 Å². The van der Waals surface area contributed by atoms with Crippen LogP contribution in [0.3, 0.4) is 0 Å². The Hall–Kier alpha value is -2.49. The first-order valence-corrected chi connectivity index (χ1v) is 5.64. The second-order valence-corrected chi connectivity index (χ2v) is 3.98. The fourth-order valence-corrected chi connectivity index (χ4v) is 1.67. The molecule has 0 amide bonds. The molecule has 0 atom stereocenters. The highest BCUT2D eigenvalue weighted by atomic mass is 16.6. The van der Waals surface area contributed by atoms with E-state index in [9.17, 15) is 0 Å². The number of fused-ring (bicyclic) bond motifs is 1. The predicted octanol–water partition coefficient (Wildman–Crippen LogP) is 2.99. The van der Waals surface area contributed by atoms with Crippen LogP contribution in [0.25, 0.3) is 11.1 Å². The van der Waals surface area contributed by atoms with Crippen LogP contribution in [-0.4, -0.2) is 4.98 Å². The summed E-state index contributed by atoms with van der Waals surface area (Å²) >= 11 is 0. The third kappa shape index (κ3) is 2.13. The third-order valence-electron chi connectivity index (χ3n) is 2.62. The van der Waals surface area contributed by atoms with Crippen molar-refractivity contribution in [3.63, 3.8) is 0 Å². The largest absolute Gasteiger partial charge is 0.445 e. The maximum Gasteiger partial charge on any atom is 0.394 e. The molecule has 0 aliphatic rings. The Bertz CT molecular complexity index is 626. The van der Waals surface area contributed by atoms with Crippen molar-refractivity contribution in [3.05, 3.63) is 54.1 Å². The molecular weight excluding hydrogens is 228 g/mol. The zero-order valence-electron chi connectivity index (χ0n) is 9.67. The molecule has 2 aromatic carbocycles. The molecule has 0 unspecified atom stereocenters. The summed E-state index contributed by atoms with van der Waals surface area (Å²) in [6.45, 7) is 0.410. The number of nitrogen functional groups attached to an aromatic ring is 1. The average molecular weight is 240 g/mol. The quantitative estimate of drug-likeness (QED) is 0.715. The van der Waals surface area contributed by atoms with Gasteiger partial charge in [0.25, 0.3) is 0 Å². The van der Waals surface area contributed by atoms with Gasteiger partial charge in [-0.15, -0.1) is 0 Å². The smallest absolute Gasteiger partial charge is 0.394 e. The summed E-state index contributed by atoms with van der Waals surface area (Å²) in [6, 6.07) is 15.1. The second kappa shape index (κ2) is 4.41. The standard InChI is InChI=1S/C14H12N2O2/c15-11-7-5-10(6-8-11)9-17-14-16-12-3-1-2-4-13(12)18-14/h1-8H,9,15H2. The Labute approximate surface area is 104 Å². The monoisotopic (exact) mass is 240 g/mol. The fraction of sp³-hybridized carbons (Fsp3) is 0.0714. The van der Waals surface area contributed by atoms with E-state index in [0.717, 1.165) is 22.4 Å². The van der Waals surface area contributed by atoms with Crippen molar-refractivity contribution in [2.75, 3.05) is 5.73 Å². The zero-order chi connectivity index (χ0) is 12.4. The highest BCUT2D eigenvalue weighted by molar-refractivity contribution is 5.72. The first kappa shape index (κ1) is 10.7. The van der Waals surface area contributed by atoms with Gasteiger partial charge in [0.15, 0.2) is 5.58 Å². The van der Waals surface area contributed by atoms with Gasteiger partial charge >= 0.3 is 6.08 Å². The van der Waals surface area contributed by atoms with Crippen molar-refractivity contribution in [1.82, 2.24) is 4.98 Å². The average Bonchev–Trinajstić information content (AvgIpc) is 2.81. The van der Waals surface area contributed by atoms with Crippen LogP contribution >= 0.6 is 0 Å². The lowest BCUT2D eigenvalue weighted by Crippen LogP contribution is -1.95. The summed E-state index contributed by atoms with van der Waals surface area (Å²) in [4.78, 5) is 4.23. The lowest BCUT2D eigenvalue weighted by atomic mass is 10.2. The number of nitrogens with zero attached hydrogens (tertiary/aromatic N) is 1. The fourth-order valence-electron chi connectivity index (χ4n) is 1.67. The number of rotatable bonds is 3. The SMILES string of the molecule is Nc1ccc(COc2nc3ccccc3o2)cc1. The van der Waals surface area contributed by atoms with Crippen LogP contribution in [0.2, 0.25) is 0 Å². The van der Waals surface area contributed by atoms with Crippen molar-refractivity contribution in [3.8, 4) is 6.08 Å². The zero-order valence-corrected chi connectivity index (χ0v) is 9.67. The number of anilines is 1. The molecule has 0 radical (unpaired) electrons. The molecule has 0 aliphatic heterocycles. The lowest BCUT2D eigenvalue weighted by Gasteiger charge is -2.01. The summed E-state index contributed by atoms with van der Waals surface area (Å²) in [6.07, 6.45) is 0.285. The van der Waals surface area contributed by atoms with E-state index in [1.54, 1.807) is 0 Å². The van der Waals surface area contributed by atoms with Gasteiger partial charge in [-0.25, -0.2) is 0 Å². The van der Waals surface area contributed by atoms with Crippen LogP contribution in [0.1, 0.15) is 5.56 Å². The van der Waals surface area contributed by atoms with E-state index >= 15 is 0 Å². The van der Waals surface area contributed by atoms with Gasteiger partial charge in [-0.05, 0) is 29.8 Å². The summed E-state index contributed by atoms with van der Waals surface area (Å²) in [5, 5.41) is 0. The minimum absolute atomic E-state index is 0.285. The Balaban J connectivity index is 1.74. The second-order valence-electron chi connectivity index (χ2n) is 3.98. The molecular formula is C14H12N2O2. The van der Waals surface area contributed by atoms with Crippen molar-refractivity contribution in [2.45, 2.75) is 6.61 Å². The van der Waals surface area contributed by atoms with Gasteiger partial charge < -0.3 is 14.9 Å². The van der Waals surface area contributed by atoms with Crippen molar-refractivity contribution < 1.29 is 9.15 Å². The van der Waals surface area contributed by atoms with E-state index in [-0.39, 0.29) is 6.08 Å². The summed E-state index contributed by atoms with van der Waals surface area (Å²) in [7, 11) is 0. The van der Waals surface area contributed by atoms with Crippen LogP contribution < -0.4 is 10.5 Å². The van der Waals surface area contributed by atoms with Crippen LogP contribution in [0, 0.1) is 0 Å². The molecule has 0 saturated heterocycles. The van der Waals surface area contributed by atoms with E-state index in [0.29, 0.717) is 6.61 Å². The molecule has 0 spiro atoms. The number of nitrogens with two attached hydrogens (primary N) is 1. The maximum atomic E-state index is 5.61. The van der Waals surface area contributed by atoms with Gasteiger partial charge in [0.1, 0.15) is 12.1 Å². The first-order valence-electron chi connectivity index (χ1n) is 5.64. The summed E-state index contributed by atoms with van der Waals surface area (Å²) in [5.41, 5.74) is 8.89. The molecule has 0 fully saturated rings. The highest BCUT2D eigenvalue weighted by Crippen LogP contribution is 2.20. The minimum Gasteiger partial charge on any atom is -0.445 e. The molecule has 90 valence electrons. The maximum absolute atomic E-state index is 5.61. The Kier molecular flexibility index (Phi) is 2.61. The van der Waals surface area contributed by atoms with Crippen LogP contribution in [0.4, 0.5) is 5.69 Å². The van der Waals surface area contributed by atoms with E-state index in [4.69, 9.17) is 14.9 Å². The van der Waals surface area contributed by atoms with Gasteiger partial charge in [0.05, 0.1) is 0 Å².